The van der Waals surface area contributed by atoms with Crippen LogP contribution in [0.1, 0.15) is 24.0 Å². The van der Waals surface area contributed by atoms with Crippen LogP contribution in [0.5, 0.6) is 0 Å². The number of hydrogen-bond donors (Lipinski definition) is 2. The number of benzene rings is 1. The molecule has 106 valence electrons. The molecule has 0 bridgehead atoms. The maximum absolute atomic E-state index is 12.3. The summed E-state index contributed by atoms with van der Waals surface area (Å²) in [6.45, 7) is 3.93. The van der Waals surface area contributed by atoms with Gasteiger partial charge in [0.2, 0.25) is 5.91 Å². The predicted molar refractivity (Wildman–Crippen MR) is 77.5 cm³/mol. The molecular weight excluding hydrogens is 254 g/mol. The Morgan fingerprint density at radius 3 is 2.15 bits per heavy atom. The number of carboxylic acid groups (broad SMARTS) is 1. The molecule has 1 aromatic carbocycles. The lowest BCUT2D eigenvalue weighted by Crippen LogP contribution is -2.34. The average molecular weight is 273 g/mol. The van der Waals surface area contributed by atoms with Gasteiger partial charge >= 0.3 is 5.97 Å². The van der Waals surface area contributed by atoms with Gasteiger partial charge in [-0.3, -0.25) is 9.59 Å². The number of carbonyl (C=O) groups excluding carboxylic acids is 1. The van der Waals surface area contributed by atoms with E-state index in [0.717, 1.165) is 16.8 Å². The van der Waals surface area contributed by atoms with Crippen molar-refractivity contribution in [2.24, 2.45) is 11.8 Å². The highest BCUT2D eigenvalue weighted by atomic mass is 16.4. The van der Waals surface area contributed by atoms with Crippen molar-refractivity contribution in [3.05, 3.63) is 41.5 Å². The van der Waals surface area contributed by atoms with Crippen LogP contribution in [0.3, 0.4) is 0 Å². The minimum Gasteiger partial charge on any atom is -0.481 e. The molecule has 2 rings (SSSR count). The van der Waals surface area contributed by atoms with Crippen molar-refractivity contribution < 1.29 is 14.7 Å². The lowest BCUT2D eigenvalue weighted by molar-refractivity contribution is -0.146. The van der Waals surface area contributed by atoms with E-state index >= 15 is 0 Å². The van der Waals surface area contributed by atoms with Gasteiger partial charge in [0.25, 0.3) is 0 Å². The molecule has 0 aliphatic heterocycles. The summed E-state index contributed by atoms with van der Waals surface area (Å²) in [5, 5.41) is 12.0. The molecule has 0 saturated heterocycles. The largest absolute Gasteiger partial charge is 0.481 e. The highest BCUT2D eigenvalue weighted by molar-refractivity contribution is 5.95. The number of amides is 1. The summed E-state index contributed by atoms with van der Waals surface area (Å²) >= 11 is 0. The molecule has 0 aromatic heterocycles. The topological polar surface area (TPSA) is 66.4 Å². The van der Waals surface area contributed by atoms with E-state index in [1.54, 1.807) is 0 Å². The first kappa shape index (κ1) is 14.3. The minimum absolute atomic E-state index is 0.216. The standard InChI is InChI=1S/C16H19NO3/c1-10-7-11(2)9-12(8-10)17-15(18)13-5-3-4-6-14(13)16(19)20/h3-4,7-9,13-14H,5-6H2,1-2H3,(H,17,18)(H,19,20). The molecular formula is C16H19NO3. The third-order valence-electron chi connectivity index (χ3n) is 3.58. The fraction of sp³-hybridized carbons (Fsp3) is 0.375. The molecule has 1 aliphatic carbocycles. The van der Waals surface area contributed by atoms with Crippen molar-refractivity contribution in [3.8, 4) is 0 Å². The summed E-state index contributed by atoms with van der Waals surface area (Å²) in [5.41, 5.74) is 2.86. The molecule has 0 fully saturated rings. The normalized spacial score (nSPS) is 21.5. The Balaban J connectivity index is 2.14. The van der Waals surface area contributed by atoms with E-state index in [2.05, 4.69) is 5.32 Å². The number of carboxylic acids is 1. The molecule has 2 atom stereocenters. The molecule has 0 saturated carbocycles. The van der Waals surface area contributed by atoms with Gasteiger partial charge in [0, 0.05) is 5.69 Å². The summed E-state index contributed by atoms with van der Waals surface area (Å²) in [6, 6.07) is 5.80. The van der Waals surface area contributed by atoms with Crippen LogP contribution in [0, 0.1) is 25.7 Å². The van der Waals surface area contributed by atoms with Gasteiger partial charge in [-0.1, -0.05) is 18.2 Å². The van der Waals surface area contributed by atoms with Crippen LogP contribution in [-0.4, -0.2) is 17.0 Å². The second-order valence-electron chi connectivity index (χ2n) is 5.36. The third-order valence-corrected chi connectivity index (χ3v) is 3.58. The summed E-state index contributed by atoms with van der Waals surface area (Å²) in [5.74, 6) is -2.26. The van der Waals surface area contributed by atoms with Crippen LogP contribution in [0.4, 0.5) is 5.69 Å². The van der Waals surface area contributed by atoms with Crippen LogP contribution in [0.25, 0.3) is 0 Å². The van der Waals surface area contributed by atoms with E-state index in [9.17, 15) is 14.7 Å². The SMILES string of the molecule is Cc1cc(C)cc(NC(=O)C2CC=CCC2C(=O)O)c1. The highest BCUT2D eigenvalue weighted by Gasteiger charge is 2.33. The molecule has 2 N–H and O–H groups in total. The van der Waals surface area contributed by atoms with Crippen LogP contribution in [0.15, 0.2) is 30.4 Å². The quantitative estimate of drug-likeness (QED) is 0.832. The summed E-state index contributed by atoms with van der Waals surface area (Å²) in [4.78, 5) is 23.5. The van der Waals surface area contributed by atoms with Gasteiger partial charge in [-0.2, -0.15) is 0 Å². The van der Waals surface area contributed by atoms with Gasteiger partial charge in [-0.15, -0.1) is 0 Å². The summed E-state index contributed by atoms with van der Waals surface area (Å²) in [7, 11) is 0. The first-order valence-corrected chi connectivity index (χ1v) is 6.74. The van der Waals surface area contributed by atoms with Crippen molar-refractivity contribution in [1.29, 1.82) is 0 Å². The molecule has 1 amide bonds. The smallest absolute Gasteiger partial charge is 0.307 e. The molecule has 4 nitrogen and oxygen atoms in total. The van der Waals surface area contributed by atoms with Crippen LogP contribution >= 0.6 is 0 Å². The number of aliphatic carboxylic acids is 1. The summed E-state index contributed by atoms with van der Waals surface area (Å²) < 4.78 is 0. The summed E-state index contributed by atoms with van der Waals surface area (Å²) in [6.07, 6.45) is 4.61. The Morgan fingerprint density at radius 1 is 1.05 bits per heavy atom. The molecule has 1 aliphatic rings. The number of carbonyl (C=O) groups is 2. The zero-order chi connectivity index (χ0) is 14.7. The predicted octanol–water partition coefficient (Wildman–Crippen LogP) is 2.91. The molecule has 20 heavy (non-hydrogen) atoms. The van der Waals surface area contributed by atoms with Gasteiger partial charge < -0.3 is 10.4 Å². The number of allylic oxidation sites excluding steroid dienone is 2. The minimum atomic E-state index is -0.907. The number of anilines is 1. The number of hydrogen-bond acceptors (Lipinski definition) is 2. The number of aryl methyl sites for hydroxylation is 2. The second-order valence-corrected chi connectivity index (χ2v) is 5.36. The Morgan fingerprint density at radius 2 is 1.60 bits per heavy atom. The zero-order valence-electron chi connectivity index (χ0n) is 11.7. The monoisotopic (exact) mass is 273 g/mol. The van der Waals surface area contributed by atoms with E-state index in [0.29, 0.717) is 12.8 Å². The van der Waals surface area contributed by atoms with Gasteiger partial charge in [-0.05, 0) is 49.9 Å². The molecule has 2 unspecified atom stereocenters. The van der Waals surface area contributed by atoms with Gasteiger partial charge in [0.05, 0.1) is 11.8 Å². The maximum Gasteiger partial charge on any atom is 0.307 e. The molecule has 0 radical (unpaired) electrons. The van der Waals surface area contributed by atoms with Crippen molar-refractivity contribution in [1.82, 2.24) is 0 Å². The average Bonchev–Trinajstić information content (AvgIpc) is 2.37. The Bertz CT molecular complexity index is 543. The van der Waals surface area contributed by atoms with Crippen LogP contribution in [0.2, 0.25) is 0 Å². The molecule has 1 aromatic rings. The van der Waals surface area contributed by atoms with E-state index < -0.39 is 17.8 Å². The Labute approximate surface area is 118 Å². The third kappa shape index (κ3) is 3.26. The zero-order valence-corrected chi connectivity index (χ0v) is 11.7. The maximum atomic E-state index is 12.3. The van der Waals surface area contributed by atoms with Gasteiger partial charge in [-0.25, -0.2) is 0 Å². The van der Waals surface area contributed by atoms with E-state index in [-0.39, 0.29) is 5.91 Å². The van der Waals surface area contributed by atoms with Crippen molar-refractivity contribution in [3.63, 3.8) is 0 Å². The number of rotatable bonds is 3. The first-order valence-electron chi connectivity index (χ1n) is 6.74. The Kier molecular flexibility index (Phi) is 4.23. The fourth-order valence-corrected chi connectivity index (χ4v) is 2.66. The Hall–Kier alpha value is -2.10. The first-order chi connectivity index (χ1) is 9.47. The number of nitrogens with one attached hydrogen (secondary N) is 1. The second kappa shape index (κ2) is 5.90. The molecule has 0 heterocycles. The lowest BCUT2D eigenvalue weighted by atomic mass is 9.82. The van der Waals surface area contributed by atoms with Crippen molar-refractivity contribution in [2.45, 2.75) is 26.7 Å². The van der Waals surface area contributed by atoms with E-state index in [1.165, 1.54) is 0 Å². The highest BCUT2D eigenvalue weighted by Crippen LogP contribution is 2.27. The van der Waals surface area contributed by atoms with E-state index in [1.807, 2.05) is 44.2 Å². The van der Waals surface area contributed by atoms with Crippen LogP contribution < -0.4 is 5.32 Å². The van der Waals surface area contributed by atoms with Gasteiger partial charge in [0.15, 0.2) is 0 Å². The van der Waals surface area contributed by atoms with Crippen molar-refractivity contribution in [2.75, 3.05) is 5.32 Å². The molecule has 0 spiro atoms. The van der Waals surface area contributed by atoms with Gasteiger partial charge in [0.1, 0.15) is 0 Å². The van der Waals surface area contributed by atoms with Crippen molar-refractivity contribution >= 4 is 17.6 Å². The van der Waals surface area contributed by atoms with E-state index in [4.69, 9.17) is 0 Å². The van der Waals surface area contributed by atoms with Crippen LogP contribution in [-0.2, 0) is 9.59 Å². The molecule has 4 heteroatoms. The lowest BCUT2D eigenvalue weighted by Gasteiger charge is -2.24. The fourth-order valence-electron chi connectivity index (χ4n) is 2.66.